The molecule has 1 fully saturated rings. The molecule has 0 bridgehead atoms. The number of carbonyl (C=O) groups excluding carboxylic acids is 1. The summed E-state index contributed by atoms with van der Waals surface area (Å²) in [6, 6.07) is 14.7. The summed E-state index contributed by atoms with van der Waals surface area (Å²) in [6.07, 6.45) is 3.43. The van der Waals surface area contributed by atoms with E-state index in [1.54, 1.807) is 24.3 Å². The first-order valence-corrected chi connectivity index (χ1v) is 9.03. The van der Waals surface area contributed by atoms with Crippen LogP contribution in [0.5, 0.6) is 0 Å². The normalized spacial score (nSPS) is 14.0. The van der Waals surface area contributed by atoms with Gasteiger partial charge in [0, 0.05) is 28.6 Å². The summed E-state index contributed by atoms with van der Waals surface area (Å²) in [4.78, 5) is 16.9. The molecule has 1 saturated carbocycles. The van der Waals surface area contributed by atoms with Crippen LogP contribution < -0.4 is 5.32 Å². The van der Waals surface area contributed by atoms with Crippen LogP contribution >= 0.6 is 11.6 Å². The fourth-order valence-corrected chi connectivity index (χ4v) is 2.99. The summed E-state index contributed by atoms with van der Waals surface area (Å²) in [7, 11) is 0. The van der Waals surface area contributed by atoms with E-state index in [0.29, 0.717) is 34.8 Å². The third-order valence-corrected chi connectivity index (χ3v) is 4.90. The second-order valence-corrected chi connectivity index (χ2v) is 6.91. The molecule has 5 nitrogen and oxygen atoms in total. The highest BCUT2D eigenvalue weighted by molar-refractivity contribution is 6.30. The first kappa shape index (κ1) is 16.8. The van der Waals surface area contributed by atoms with Crippen LogP contribution in [0.1, 0.15) is 47.0 Å². The summed E-state index contributed by atoms with van der Waals surface area (Å²) < 4.78 is 5.37. The van der Waals surface area contributed by atoms with Crippen molar-refractivity contribution in [3.8, 4) is 11.4 Å². The van der Waals surface area contributed by atoms with Crippen LogP contribution in [0.3, 0.4) is 0 Å². The Morgan fingerprint density at radius 1 is 1.19 bits per heavy atom. The number of hydrogen-bond donors (Lipinski definition) is 1. The maximum absolute atomic E-state index is 12.4. The zero-order valence-corrected chi connectivity index (χ0v) is 14.9. The van der Waals surface area contributed by atoms with E-state index in [-0.39, 0.29) is 5.91 Å². The molecule has 1 aliphatic carbocycles. The molecule has 3 aromatic rings. The number of hydrogen-bond acceptors (Lipinski definition) is 4. The number of nitrogens with one attached hydrogen (secondary N) is 1. The third kappa shape index (κ3) is 3.63. The van der Waals surface area contributed by atoms with Crippen LogP contribution in [0.4, 0.5) is 0 Å². The van der Waals surface area contributed by atoms with E-state index in [4.69, 9.17) is 16.1 Å². The van der Waals surface area contributed by atoms with Crippen LogP contribution in [0, 0.1) is 0 Å². The lowest BCUT2D eigenvalue weighted by atomic mass is 9.85. The molecule has 0 spiro atoms. The minimum atomic E-state index is -0.149. The van der Waals surface area contributed by atoms with Gasteiger partial charge in [0.05, 0.1) is 0 Å². The molecule has 1 heterocycles. The largest absolute Gasteiger partial charge is 0.348 e. The van der Waals surface area contributed by atoms with Gasteiger partial charge >= 0.3 is 0 Å². The zero-order valence-electron chi connectivity index (χ0n) is 14.1. The summed E-state index contributed by atoms with van der Waals surface area (Å²) in [5, 5.41) is 7.65. The third-order valence-electron chi connectivity index (χ3n) is 4.65. The maximum atomic E-state index is 12.4. The standard InChI is InChI=1S/C20H18ClN3O2/c21-17-9-7-13(8-10-17)12-22-19(25)16-6-2-5-15(11-16)18-23-20(26-24-18)14-3-1-4-14/h2,5-11,14H,1,3-4,12H2,(H,22,25). The van der Waals surface area contributed by atoms with Gasteiger partial charge in [-0.25, -0.2) is 0 Å². The van der Waals surface area contributed by atoms with Crippen molar-refractivity contribution in [3.63, 3.8) is 0 Å². The van der Waals surface area contributed by atoms with Crippen molar-refractivity contribution < 1.29 is 9.32 Å². The molecule has 4 rings (SSSR count). The molecule has 0 saturated heterocycles. The fourth-order valence-electron chi connectivity index (χ4n) is 2.86. The Morgan fingerprint density at radius 2 is 2.00 bits per heavy atom. The Morgan fingerprint density at radius 3 is 2.73 bits per heavy atom. The number of carbonyl (C=O) groups is 1. The lowest BCUT2D eigenvalue weighted by Gasteiger charge is -2.20. The number of halogens is 1. The van der Waals surface area contributed by atoms with Crippen molar-refractivity contribution in [2.45, 2.75) is 31.7 Å². The average Bonchev–Trinajstić information content (AvgIpc) is 3.09. The molecule has 0 radical (unpaired) electrons. The summed E-state index contributed by atoms with van der Waals surface area (Å²) in [6.45, 7) is 0.439. The number of rotatable bonds is 5. The monoisotopic (exact) mass is 367 g/mol. The molecular weight excluding hydrogens is 350 g/mol. The molecule has 2 aromatic carbocycles. The minimum Gasteiger partial charge on any atom is -0.348 e. The molecular formula is C20H18ClN3O2. The second-order valence-electron chi connectivity index (χ2n) is 6.47. The number of aromatic nitrogens is 2. The Bertz CT molecular complexity index is 917. The zero-order chi connectivity index (χ0) is 17.9. The van der Waals surface area contributed by atoms with Crippen LogP contribution in [0.15, 0.2) is 53.1 Å². The van der Waals surface area contributed by atoms with Gasteiger partial charge in [0.1, 0.15) is 0 Å². The van der Waals surface area contributed by atoms with Crippen LogP contribution in [0.2, 0.25) is 5.02 Å². The van der Waals surface area contributed by atoms with Crippen molar-refractivity contribution in [2.75, 3.05) is 0 Å². The summed E-state index contributed by atoms with van der Waals surface area (Å²) in [5.41, 5.74) is 2.33. The molecule has 6 heteroatoms. The average molecular weight is 368 g/mol. The highest BCUT2D eigenvalue weighted by Crippen LogP contribution is 2.36. The SMILES string of the molecule is O=C(NCc1ccc(Cl)cc1)c1cccc(-c2noc(C3CCC3)n2)c1. The highest BCUT2D eigenvalue weighted by Gasteiger charge is 2.25. The smallest absolute Gasteiger partial charge is 0.251 e. The van der Waals surface area contributed by atoms with Gasteiger partial charge in [-0.3, -0.25) is 4.79 Å². The van der Waals surface area contributed by atoms with E-state index in [2.05, 4.69) is 15.5 Å². The predicted molar refractivity (Wildman–Crippen MR) is 98.9 cm³/mol. The van der Waals surface area contributed by atoms with Gasteiger partial charge in [-0.15, -0.1) is 0 Å². The second kappa shape index (κ2) is 7.30. The van der Waals surface area contributed by atoms with Gasteiger partial charge in [-0.2, -0.15) is 4.98 Å². The van der Waals surface area contributed by atoms with Crippen molar-refractivity contribution in [2.24, 2.45) is 0 Å². The quantitative estimate of drug-likeness (QED) is 0.716. The molecule has 26 heavy (non-hydrogen) atoms. The van der Waals surface area contributed by atoms with Crippen molar-refractivity contribution in [3.05, 3.63) is 70.6 Å². The molecule has 1 amide bonds. The van der Waals surface area contributed by atoms with E-state index >= 15 is 0 Å². The van der Waals surface area contributed by atoms with E-state index in [1.165, 1.54) is 6.42 Å². The minimum absolute atomic E-state index is 0.149. The lowest BCUT2D eigenvalue weighted by Crippen LogP contribution is -2.22. The van der Waals surface area contributed by atoms with Crippen molar-refractivity contribution in [1.29, 1.82) is 0 Å². The van der Waals surface area contributed by atoms with Gasteiger partial charge < -0.3 is 9.84 Å². The van der Waals surface area contributed by atoms with Gasteiger partial charge in [0.25, 0.3) is 5.91 Å². The van der Waals surface area contributed by atoms with E-state index in [0.717, 1.165) is 24.0 Å². The number of amides is 1. The van der Waals surface area contributed by atoms with Gasteiger partial charge in [0.15, 0.2) is 0 Å². The van der Waals surface area contributed by atoms with Crippen molar-refractivity contribution >= 4 is 17.5 Å². The highest BCUT2D eigenvalue weighted by atomic mass is 35.5. The van der Waals surface area contributed by atoms with Gasteiger partial charge in [-0.1, -0.05) is 47.4 Å². The summed E-state index contributed by atoms with van der Waals surface area (Å²) in [5.74, 6) is 1.47. The molecule has 0 atom stereocenters. The fraction of sp³-hybridized carbons (Fsp3) is 0.250. The van der Waals surface area contributed by atoms with Crippen LogP contribution in [0.25, 0.3) is 11.4 Å². The van der Waals surface area contributed by atoms with Gasteiger partial charge in [0.2, 0.25) is 11.7 Å². The Balaban J connectivity index is 1.45. The Hall–Kier alpha value is -2.66. The maximum Gasteiger partial charge on any atom is 0.251 e. The first-order valence-electron chi connectivity index (χ1n) is 8.66. The molecule has 1 N–H and O–H groups in total. The molecule has 132 valence electrons. The molecule has 0 unspecified atom stereocenters. The molecule has 1 aliphatic rings. The predicted octanol–water partition coefficient (Wildman–Crippen LogP) is 4.59. The van der Waals surface area contributed by atoms with E-state index in [9.17, 15) is 4.79 Å². The Labute approximate surface area is 156 Å². The molecule has 0 aliphatic heterocycles. The van der Waals surface area contributed by atoms with E-state index < -0.39 is 0 Å². The molecule has 1 aromatic heterocycles. The van der Waals surface area contributed by atoms with Crippen LogP contribution in [-0.2, 0) is 6.54 Å². The topological polar surface area (TPSA) is 68.0 Å². The Kier molecular flexibility index (Phi) is 4.71. The number of benzene rings is 2. The van der Waals surface area contributed by atoms with Crippen molar-refractivity contribution in [1.82, 2.24) is 15.5 Å². The van der Waals surface area contributed by atoms with Crippen LogP contribution in [-0.4, -0.2) is 16.0 Å². The lowest BCUT2D eigenvalue weighted by molar-refractivity contribution is 0.0951. The first-order chi connectivity index (χ1) is 12.7. The van der Waals surface area contributed by atoms with Gasteiger partial charge in [-0.05, 0) is 42.7 Å². The number of nitrogens with zero attached hydrogens (tertiary/aromatic N) is 2. The summed E-state index contributed by atoms with van der Waals surface area (Å²) >= 11 is 5.87. The van der Waals surface area contributed by atoms with E-state index in [1.807, 2.05) is 24.3 Å².